The van der Waals surface area contributed by atoms with E-state index in [1.807, 2.05) is 6.07 Å². The zero-order valence-electron chi connectivity index (χ0n) is 16.4. The Morgan fingerprint density at radius 1 is 1.18 bits per heavy atom. The molecule has 1 aliphatic rings. The van der Waals surface area contributed by atoms with Gasteiger partial charge in [-0.1, -0.05) is 31.4 Å². The fourth-order valence-electron chi connectivity index (χ4n) is 3.66. The van der Waals surface area contributed by atoms with Gasteiger partial charge in [0.25, 0.3) is 0 Å². The van der Waals surface area contributed by atoms with Crippen LogP contribution in [0, 0.1) is 23.2 Å². The van der Waals surface area contributed by atoms with Gasteiger partial charge in [0.05, 0.1) is 11.6 Å². The molecule has 1 aliphatic carbocycles. The second-order valence-corrected chi connectivity index (χ2v) is 7.52. The quantitative estimate of drug-likeness (QED) is 0.697. The lowest BCUT2D eigenvalue weighted by atomic mass is 9.83. The van der Waals surface area contributed by atoms with Gasteiger partial charge in [-0.2, -0.15) is 5.26 Å². The van der Waals surface area contributed by atoms with E-state index < -0.39 is 23.8 Å². The number of carbonyl (C=O) groups is 3. The number of nitrogens with one attached hydrogen (secondary N) is 1. The minimum Gasteiger partial charge on any atom is -0.480 e. The molecule has 1 saturated carbocycles. The summed E-state index contributed by atoms with van der Waals surface area (Å²) in [6.07, 6.45) is 4.66. The first-order chi connectivity index (χ1) is 13.3. The molecule has 2 rings (SSSR count). The number of nitrogens with zero attached hydrogens (tertiary/aromatic N) is 2. The van der Waals surface area contributed by atoms with E-state index in [0.29, 0.717) is 5.56 Å². The van der Waals surface area contributed by atoms with Crippen LogP contribution in [-0.2, 0) is 20.8 Å². The Morgan fingerprint density at radius 3 is 2.29 bits per heavy atom. The fraction of sp³-hybridized carbons (Fsp3) is 0.524. The number of rotatable bonds is 7. The third-order valence-electron chi connectivity index (χ3n) is 5.26. The molecule has 1 unspecified atom stereocenters. The Kier molecular flexibility index (Phi) is 7.56. The lowest BCUT2D eigenvalue weighted by Gasteiger charge is -2.29. The molecule has 0 saturated heterocycles. The largest absolute Gasteiger partial charge is 0.480 e. The minimum atomic E-state index is -1.06. The van der Waals surface area contributed by atoms with Gasteiger partial charge in [-0.3, -0.25) is 9.59 Å². The molecule has 0 heterocycles. The zero-order chi connectivity index (χ0) is 20.7. The number of hydrogen-bond acceptors (Lipinski definition) is 4. The van der Waals surface area contributed by atoms with Crippen LogP contribution >= 0.6 is 0 Å². The highest BCUT2D eigenvalue weighted by Crippen LogP contribution is 2.27. The Labute approximate surface area is 165 Å². The second-order valence-electron chi connectivity index (χ2n) is 7.52. The van der Waals surface area contributed by atoms with Gasteiger partial charge in [0.15, 0.2) is 0 Å². The topological polar surface area (TPSA) is 111 Å². The summed E-state index contributed by atoms with van der Waals surface area (Å²) in [4.78, 5) is 38.6. The predicted octanol–water partition coefficient (Wildman–Crippen LogP) is 1.95. The van der Waals surface area contributed by atoms with E-state index >= 15 is 0 Å². The number of carboxylic acids is 1. The van der Waals surface area contributed by atoms with Gasteiger partial charge in [0, 0.05) is 14.1 Å². The van der Waals surface area contributed by atoms with Crippen molar-refractivity contribution in [3.8, 4) is 6.07 Å². The number of nitriles is 1. The van der Waals surface area contributed by atoms with E-state index in [0.717, 1.165) is 37.7 Å². The third kappa shape index (κ3) is 5.56. The van der Waals surface area contributed by atoms with E-state index in [9.17, 15) is 19.5 Å². The molecular weight excluding hydrogens is 358 g/mol. The van der Waals surface area contributed by atoms with E-state index in [1.54, 1.807) is 38.4 Å². The fourth-order valence-corrected chi connectivity index (χ4v) is 3.66. The maximum Gasteiger partial charge on any atom is 0.326 e. The van der Waals surface area contributed by atoms with Crippen LogP contribution in [0.4, 0.5) is 0 Å². The SMILES string of the molecule is CN(C)C(=O)[C@@H](Cc1ccc(C#N)cc1)C(=O)NC(C(=O)O)C1CCCCC1. The van der Waals surface area contributed by atoms with Crippen molar-refractivity contribution in [2.45, 2.75) is 44.6 Å². The Bertz CT molecular complexity index is 746. The minimum absolute atomic E-state index is 0.111. The molecule has 150 valence electrons. The monoisotopic (exact) mass is 385 g/mol. The smallest absolute Gasteiger partial charge is 0.326 e. The van der Waals surface area contributed by atoms with Crippen molar-refractivity contribution in [1.82, 2.24) is 10.2 Å². The van der Waals surface area contributed by atoms with Gasteiger partial charge >= 0.3 is 5.97 Å². The zero-order valence-corrected chi connectivity index (χ0v) is 16.4. The summed E-state index contributed by atoms with van der Waals surface area (Å²) in [7, 11) is 3.13. The Hall–Kier alpha value is -2.88. The van der Waals surface area contributed by atoms with Gasteiger partial charge in [-0.25, -0.2) is 4.79 Å². The molecule has 2 atom stereocenters. The van der Waals surface area contributed by atoms with Gasteiger partial charge in [0.2, 0.25) is 11.8 Å². The summed E-state index contributed by atoms with van der Waals surface area (Å²) in [5.74, 6) is -3.14. The average molecular weight is 385 g/mol. The average Bonchev–Trinajstić information content (AvgIpc) is 2.70. The molecule has 1 aromatic rings. The summed E-state index contributed by atoms with van der Waals surface area (Å²) in [6, 6.07) is 7.72. The molecule has 1 aromatic carbocycles. The molecule has 7 nitrogen and oxygen atoms in total. The second kappa shape index (κ2) is 9.88. The summed E-state index contributed by atoms with van der Waals surface area (Å²) in [5, 5.41) is 21.1. The molecule has 0 aromatic heterocycles. The number of hydrogen-bond donors (Lipinski definition) is 2. The molecule has 0 bridgehead atoms. The van der Waals surface area contributed by atoms with Crippen LogP contribution in [0.1, 0.15) is 43.2 Å². The lowest BCUT2D eigenvalue weighted by molar-refractivity contribution is -0.147. The molecule has 0 radical (unpaired) electrons. The van der Waals surface area contributed by atoms with E-state index in [2.05, 4.69) is 5.32 Å². The van der Waals surface area contributed by atoms with Crippen LogP contribution in [0.15, 0.2) is 24.3 Å². The van der Waals surface area contributed by atoms with Crippen molar-refractivity contribution in [2.24, 2.45) is 11.8 Å². The highest BCUT2D eigenvalue weighted by atomic mass is 16.4. The molecule has 0 aliphatic heterocycles. The molecule has 1 fully saturated rings. The van der Waals surface area contributed by atoms with Crippen LogP contribution < -0.4 is 5.32 Å². The first kappa shape index (κ1) is 21.4. The first-order valence-electron chi connectivity index (χ1n) is 9.57. The van der Waals surface area contributed by atoms with Crippen LogP contribution in [0.5, 0.6) is 0 Å². The predicted molar refractivity (Wildman–Crippen MR) is 103 cm³/mol. The molecule has 7 heteroatoms. The summed E-state index contributed by atoms with van der Waals surface area (Å²) < 4.78 is 0. The van der Waals surface area contributed by atoms with Crippen LogP contribution in [-0.4, -0.2) is 47.9 Å². The van der Waals surface area contributed by atoms with Crippen molar-refractivity contribution in [2.75, 3.05) is 14.1 Å². The van der Waals surface area contributed by atoms with E-state index in [4.69, 9.17) is 5.26 Å². The molecule has 2 amide bonds. The van der Waals surface area contributed by atoms with Crippen LogP contribution in [0.2, 0.25) is 0 Å². The van der Waals surface area contributed by atoms with Crippen LogP contribution in [0.25, 0.3) is 0 Å². The molecule has 28 heavy (non-hydrogen) atoms. The lowest BCUT2D eigenvalue weighted by Crippen LogP contribution is -2.51. The highest BCUT2D eigenvalue weighted by molar-refractivity contribution is 6.01. The van der Waals surface area contributed by atoms with Crippen molar-refractivity contribution in [3.05, 3.63) is 35.4 Å². The highest BCUT2D eigenvalue weighted by Gasteiger charge is 2.35. The molecular formula is C21H27N3O4. The van der Waals surface area contributed by atoms with Crippen molar-refractivity contribution in [3.63, 3.8) is 0 Å². The van der Waals surface area contributed by atoms with Crippen molar-refractivity contribution in [1.29, 1.82) is 5.26 Å². The first-order valence-corrected chi connectivity index (χ1v) is 9.57. The van der Waals surface area contributed by atoms with Crippen LogP contribution in [0.3, 0.4) is 0 Å². The number of aliphatic carboxylic acids is 1. The summed E-state index contributed by atoms with van der Waals surface area (Å²) >= 11 is 0. The number of amides is 2. The van der Waals surface area contributed by atoms with E-state index in [-0.39, 0.29) is 18.2 Å². The normalized spacial score (nSPS) is 16.5. The maximum absolute atomic E-state index is 12.9. The Balaban J connectivity index is 2.18. The standard InChI is InChI=1S/C21H27N3O4/c1-24(2)20(26)17(12-14-8-10-15(13-22)11-9-14)19(25)23-18(21(27)28)16-6-4-3-5-7-16/h8-11,16-18H,3-7,12H2,1-2H3,(H,23,25)(H,27,28)/t17-,18?/m0/s1. The molecule has 2 N–H and O–H groups in total. The van der Waals surface area contributed by atoms with Crippen molar-refractivity contribution >= 4 is 17.8 Å². The number of carbonyl (C=O) groups excluding carboxylic acids is 2. The third-order valence-corrected chi connectivity index (χ3v) is 5.26. The Morgan fingerprint density at radius 2 is 1.79 bits per heavy atom. The van der Waals surface area contributed by atoms with Gasteiger partial charge in [-0.15, -0.1) is 0 Å². The van der Waals surface area contributed by atoms with Gasteiger partial charge in [-0.05, 0) is 42.9 Å². The summed E-state index contributed by atoms with van der Waals surface area (Å²) in [6.45, 7) is 0. The number of carboxylic acid groups (broad SMARTS) is 1. The number of benzene rings is 1. The van der Waals surface area contributed by atoms with Crippen molar-refractivity contribution < 1.29 is 19.5 Å². The van der Waals surface area contributed by atoms with Gasteiger partial charge in [0.1, 0.15) is 12.0 Å². The maximum atomic E-state index is 12.9. The summed E-state index contributed by atoms with van der Waals surface area (Å²) in [5.41, 5.74) is 1.23. The van der Waals surface area contributed by atoms with E-state index in [1.165, 1.54) is 4.90 Å². The molecule has 0 spiro atoms. The van der Waals surface area contributed by atoms with Gasteiger partial charge < -0.3 is 15.3 Å².